The molecule has 1 aliphatic heterocycles. The summed E-state index contributed by atoms with van der Waals surface area (Å²) >= 11 is 7.86. The Morgan fingerprint density at radius 2 is 1.95 bits per heavy atom. The molecule has 2 amide bonds. The van der Waals surface area contributed by atoms with Crippen molar-refractivity contribution in [1.29, 1.82) is 0 Å². The molecule has 4 rings (SSSR count). The van der Waals surface area contributed by atoms with Crippen molar-refractivity contribution in [2.75, 3.05) is 33.4 Å². The molecule has 2 heterocycles. The number of halogens is 1. The summed E-state index contributed by atoms with van der Waals surface area (Å²) < 4.78 is 11.6. The van der Waals surface area contributed by atoms with E-state index in [2.05, 4.69) is 25.3 Å². The monoisotopic (exact) mass is 540 g/mol. The fraction of sp³-hybridized carbons (Fsp3) is 0.379. The van der Waals surface area contributed by atoms with E-state index in [1.165, 1.54) is 4.88 Å². The van der Waals surface area contributed by atoms with Gasteiger partial charge in [-0.2, -0.15) is 0 Å². The number of para-hydroxylation sites is 2. The van der Waals surface area contributed by atoms with Gasteiger partial charge in [0.15, 0.2) is 11.5 Å². The normalized spacial score (nSPS) is 15.6. The molecule has 1 aliphatic rings. The van der Waals surface area contributed by atoms with E-state index in [4.69, 9.17) is 21.1 Å². The molecule has 6 nitrogen and oxygen atoms in total. The topological polar surface area (TPSA) is 59.1 Å². The van der Waals surface area contributed by atoms with E-state index in [0.29, 0.717) is 41.8 Å². The lowest BCUT2D eigenvalue weighted by Gasteiger charge is -2.37. The maximum absolute atomic E-state index is 13.8. The maximum atomic E-state index is 13.8. The first-order valence-electron chi connectivity index (χ1n) is 12.6. The SMILES string of the molecule is CC[C@H](C)CN(CC(=O)N1CCc2sccc2[C@H]1COc1ccccc1OC)C(=O)c1cccc(Cl)c1. The van der Waals surface area contributed by atoms with Gasteiger partial charge < -0.3 is 19.3 Å². The molecule has 0 bridgehead atoms. The second-order valence-electron chi connectivity index (χ2n) is 9.32. The summed E-state index contributed by atoms with van der Waals surface area (Å²) in [4.78, 5) is 32.0. The minimum absolute atomic E-state index is 0.000313. The van der Waals surface area contributed by atoms with Crippen LogP contribution in [0.4, 0.5) is 0 Å². The first-order valence-corrected chi connectivity index (χ1v) is 13.8. The molecular weight excluding hydrogens is 508 g/mol. The molecule has 0 saturated carbocycles. The molecule has 0 saturated heterocycles. The third-order valence-electron chi connectivity index (χ3n) is 6.79. The average Bonchev–Trinajstić information content (AvgIpc) is 3.40. The van der Waals surface area contributed by atoms with Gasteiger partial charge in [0.1, 0.15) is 13.2 Å². The van der Waals surface area contributed by atoms with Gasteiger partial charge >= 0.3 is 0 Å². The number of fused-ring (bicyclic) bond motifs is 1. The summed E-state index contributed by atoms with van der Waals surface area (Å²) in [6.07, 6.45) is 1.70. The molecule has 3 aromatic rings. The van der Waals surface area contributed by atoms with Crippen molar-refractivity contribution in [3.05, 3.63) is 81.0 Å². The fourth-order valence-electron chi connectivity index (χ4n) is 4.56. The van der Waals surface area contributed by atoms with Gasteiger partial charge in [0.25, 0.3) is 5.91 Å². The number of ether oxygens (including phenoxy) is 2. The van der Waals surface area contributed by atoms with Crippen molar-refractivity contribution >= 4 is 34.8 Å². The standard InChI is InChI=1S/C29H33ClN2O4S/c1-4-20(2)17-31(29(34)21-8-7-9-22(30)16-21)18-28(33)32-14-12-27-23(13-15-37-27)24(32)19-36-26-11-6-5-10-25(26)35-3/h5-11,13,15-16,20,24H,4,12,14,17-19H2,1-3H3/t20-,24+/m0/s1. The summed E-state index contributed by atoms with van der Waals surface area (Å²) in [7, 11) is 1.61. The van der Waals surface area contributed by atoms with Crippen LogP contribution in [-0.2, 0) is 11.2 Å². The van der Waals surface area contributed by atoms with Gasteiger partial charge in [-0.15, -0.1) is 11.3 Å². The Morgan fingerprint density at radius 3 is 2.68 bits per heavy atom. The molecule has 2 atom stereocenters. The lowest BCUT2D eigenvalue weighted by molar-refractivity contribution is -0.135. The highest BCUT2D eigenvalue weighted by Crippen LogP contribution is 2.35. The van der Waals surface area contributed by atoms with Crippen LogP contribution in [0.3, 0.4) is 0 Å². The molecule has 0 spiro atoms. The predicted octanol–water partition coefficient (Wildman–Crippen LogP) is 6.10. The van der Waals surface area contributed by atoms with Crippen LogP contribution >= 0.6 is 22.9 Å². The van der Waals surface area contributed by atoms with Gasteiger partial charge in [0, 0.05) is 28.6 Å². The summed E-state index contributed by atoms with van der Waals surface area (Å²) in [5.74, 6) is 1.25. The lowest BCUT2D eigenvalue weighted by Crippen LogP contribution is -2.48. The van der Waals surface area contributed by atoms with Gasteiger partial charge in [0.05, 0.1) is 13.2 Å². The number of rotatable bonds is 10. The number of hydrogen-bond donors (Lipinski definition) is 0. The van der Waals surface area contributed by atoms with Crippen molar-refractivity contribution in [2.24, 2.45) is 5.92 Å². The zero-order valence-electron chi connectivity index (χ0n) is 21.5. The number of methoxy groups -OCH3 is 1. The number of carbonyl (C=O) groups excluding carboxylic acids is 2. The zero-order chi connectivity index (χ0) is 26.4. The Hall–Kier alpha value is -3.03. The lowest BCUT2D eigenvalue weighted by atomic mass is 10.00. The molecule has 0 unspecified atom stereocenters. The van der Waals surface area contributed by atoms with Crippen LogP contribution in [0.15, 0.2) is 60.0 Å². The molecule has 2 aromatic carbocycles. The molecule has 0 radical (unpaired) electrons. The quantitative estimate of drug-likeness (QED) is 0.311. The van der Waals surface area contributed by atoms with Gasteiger partial charge in [-0.25, -0.2) is 0 Å². The van der Waals surface area contributed by atoms with Crippen LogP contribution in [0, 0.1) is 5.92 Å². The van der Waals surface area contributed by atoms with E-state index >= 15 is 0 Å². The average molecular weight is 541 g/mol. The Labute approximate surface area is 227 Å². The van der Waals surface area contributed by atoms with E-state index in [0.717, 1.165) is 18.4 Å². The third-order valence-corrected chi connectivity index (χ3v) is 8.03. The zero-order valence-corrected chi connectivity index (χ0v) is 23.1. The van der Waals surface area contributed by atoms with Gasteiger partial charge in [-0.05, 0) is 59.7 Å². The minimum Gasteiger partial charge on any atom is -0.493 e. The molecular formula is C29H33ClN2O4S. The third kappa shape index (κ3) is 6.46. The summed E-state index contributed by atoms with van der Waals surface area (Å²) in [5, 5.41) is 2.56. The number of nitrogens with zero attached hydrogens (tertiary/aromatic N) is 2. The van der Waals surface area contributed by atoms with E-state index in [-0.39, 0.29) is 30.3 Å². The van der Waals surface area contributed by atoms with Gasteiger partial charge in [-0.3, -0.25) is 9.59 Å². The first kappa shape index (κ1) is 27.0. The summed E-state index contributed by atoms with van der Waals surface area (Å²) in [6, 6.07) is 16.2. The number of amides is 2. The molecule has 37 heavy (non-hydrogen) atoms. The number of carbonyl (C=O) groups is 2. The summed E-state index contributed by atoms with van der Waals surface area (Å²) in [5.41, 5.74) is 1.59. The molecule has 1 aromatic heterocycles. The summed E-state index contributed by atoms with van der Waals surface area (Å²) in [6.45, 7) is 5.54. The largest absolute Gasteiger partial charge is 0.493 e. The van der Waals surface area contributed by atoms with Gasteiger partial charge in [-0.1, -0.05) is 50.1 Å². The van der Waals surface area contributed by atoms with Crippen LogP contribution in [0.25, 0.3) is 0 Å². The maximum Gasteiger partial charge on any atom is 0.254 e. The number of hydrogen-bond acceptors (Lipinski definition) is 5. The Balaban J connectivity index is 1.56. The first-order chi connectivity index (χ1) is 17.9. The second kappa shape index (κ2) is 12.5. The number of benzene rings is 2. The highest BCUT2D eigenvalue weighted by Gasteiger charge is 2.34. The Bertz CT molecular complexity index is 1230. The van der Waals surface area contributed by atoms with Gasteiger partial charge in [0.2, 0.25) is 5.91 Å². The fourth-order valence-corrected chi connectivity index (χ4v) is 5.68. The smallest absolute Gasteiger partial charge is 0.254 e. The van der Waals surface area contributed by atoms with Crippen molar-refractivity contribution in [3.8, 4) is 11.5 Å². The molecule has 0 aliphatic carbocycles. The Kier molecular flexibility index (Phi) is 9.11. The van der Waals surface area contributed by atoms with Crippen molar-refractivity contribution < 1.29 is 19.1 Å². The molecule has 196 valence electrons. The second-order valence-corrected chi connectivity index (χ2v) is 10.8. The molecule has 8 heteroatoms. The molecule has 0 N–H and O–H groups in total. The van der Waals surface area contributed by atoms with Crippen LogP contribution in [-0.4, -0.2) is 55.0 Å². The van der Waals surface area contributed by atoms with E-state index in [1.807, 2.05) is 29.2 Å². The van der Waals surface area contributed by atoms with Crippen LogP contribution in [0.2, 0.25) is 5.02 Å². The molecule has 0 fully saturated rings. The van der Waals surface area contributed by atoms with E-state index < -0.39 is 0 Å². The van der Waals surface area contributed by atoms with Crippen molar-refractivity contribution in [2.45, 2.75) is 32.7 Å². The van der Waals surface area contributed by atoms with Crippen LogP contribution in [0.1, 0.15) is 47.1 Å². The minimum atomic E-state index is -0.251. The number of thiophene rings is 1. The van der Waals surface area contributed by atoms with E-state index in [9.17, 15) is 9.59 Å². The highest BCUT2D eigenvalue weighted by molar-refractivity contribution is 7.10. The van der Waals surface area contributed by atoms with E-state index in [1.54, 1.807) is 47.6 Å². The van der Waals surface area contributed by atoms with Crippen molar-refractivity contribution in [3.63, 3.8) is 0 Å². The predicted molar refractivity (Wildman–Crippen MR) is 148 cm³/mol. The highest BCUT2D eigenvalue weighted by atomic mass is 35.5. The Morgan fingerprint density at radius 1 is 1.16 bits per heavy atom. The van der Waals surface area contributed by atoms with Crippen LogP contribution in [0.5, 0.6) is 11.5 Å². The van der Waals surface area contributed by atoms with Crippen molar-refractivity contribution in [1.82, 2.24) is 9.80 Å². The van der Waals surface area contributed by atoms with Crippen LogP contribution < -0.4 is 9.47 Å².